The Morgan fingerprint density at radius 1 is 1.17 bits per heavy atom. The number of benzene rings is 1. The number of nitrogens with one attached hydrogen (secondary N) is 1. The second-order valence-electron chi connectivity index (χ2n) is 9.65. The van der Waals surface area contributed by atoms with Crippen LogP contribution in [-0.4, -0.2) is 51.4 Å². The first-order chi connectivity index (χ1) is 14.1. The molecule has 1 fully saturated rings. The average molecular weight is 413 g/mol. The second-order valence-corrected chi connectivity index (χ2v) is 9.65. The highest BCUT2D eigenvalue weighted by Crippen LogP contribution is 2.32. The number of nitrogens with zero attached hydrogens (tertiary/aromatic N) is 3. The third kappa shape index (κ3) is 5.22. The van der Waals surface area contributed by atoms with Gasteiger partial charge in [0, 0.05) is 29.9 Å². The minimum Gasteiger partial charge on any atom is -0.497 e. The molecule has 6 heteroatoms. The fraction of sp³-hybridized carbons (Fsp3) is 0.583. The Bertz CT molecular complexity index is 838. The summed E-state index contributed by atoms with van der Waals surface area (Å²) < 4.78 is 6.97. The van der Waals surface area contributed by atoms with Crippen LogP contribution < -0.4 is 10.1 Å². The lowest BCUT2D eigenvalue weighted by molar-refractivity contribution is 0.0436. The number of methoxy groups -OCH3 is 1. The molecule has 0 aliphatic carbocycles. The molecule has 1 saturated heterocycles. The average Bonchev–Trinajstić information content (AvgIpc) is 3.16. The molecule has 1 aromatic heterocycles. The molecule has 0 radical (unpaired) electrons. The maximum absolute atomic E-state index is 13.5. The van der Waals surface area contributed by atoms with Crippen molar-refractivity contribution >= 4 is 5.91 Å². The maximum atomic E-state index is 13.5. The molecule has 2 heterocycles. The number of amides is 1. The molecule has 1 amide bonds. The fourth-order valence-electron chi connectivity index (χ4n) is 4.73. The first kappa shape index (κ1) is 22.3. The van der Waals surface area contributed by atoms with Crippen LogP contribution in [0.25, 0.3) is 5.69 Å². The zero-order chi connectivity index (χ0) is 21.9. The van der Waals surface area contributed by atoms with Crippen molar-refractivity contribution in [3.8, 4) is 11.4 Å². The molecule has 164 valence electrons. The van der Waals surface area contributed by atoms with E-state index in [1.165, 1.54) is 0 Å². The van der Waals surface area contributed by atoms with E-state index in [0.29, 0.717) is 5.69 Å². The third-order valence-electron chi connectivity index (χ3n) is 5.77. The van der Waals surface area contributed by atoms with Crippen molar-refractivity contribution in [2.24, 2.45) is 0 Å². The van der Waals surface area contributed by atoms with Crippen molar-refractivity contribution in [3.63, 3.8) is 0 Å². The zero-order valence-corrected chi connectivity index (χ0v) is 19.2. The molecule has 0 bridgehead atoms. The van der Waals surface area contributed by atoms with Crippen LogP contribution >= 0.6 is 0 Å². The van der Waals surface area contributed by atoms with E-state index in [9.17, 15) is 4.79 Å². The van der Waals surface area contributed by atoms with Crippen molar-refractivity contribution < 1.29 is 9.53 Å². The molecule has 2 aromatic rings. The molecular weight excluding hydrogens is 376 g/mol. The quantitative estimate of drug-likeness (QED) is 0.731. The van der Waals surface area contributed by atoms with Gasteiger partial charge in [0.2, 0.25) is 0 Å². The molecule has 1 aliphatic rings. The predicted octanol–water partition coefficient (Wildman–Crippen LogP) is 4.43. The predicted molar refractivity (Wildman–Crippen MR) is 120 cm³/mol. The summed E-state index contributed by atoms with van der Waals surface area (Å²) in [5, 5.41) is 8.32. The van der Waals surface area contributed by atoms with Gasteiger partial charge in [-0.25, -0.2) is 4.68 Å². The SMILES string of the molecule is CCCCN(C(=O)c1ccn(-c2ccc(OC)cc2)n1)C1CC(C)(C)NC(C)(C)C1. The largest absolute Gasteiger partial charge is 0.497 e. The van der Waals surface area contributed by atoms with Crippen LogP contribution in [0.3, 0.4) is 0 Å². The van der Waals surface area contributed by atoms with Crippen LogP contribution in [-0.2, 0) is 0 Å². The summed E-state index contributed by atoms with van der Waals surface area (Å²) in [5.41, 5.74) is 1.37. The summed E-state index contributed by atoms with van der Waals surface area (Å²) in [4.78, 5) is 15.6. The topological polar surface area (TPSA) is 59.4 Å². The molecule has 0 unspecified atom stereocenters. The molecule has 0 spiro atoms. The zero-order valence-electron chi connectivity index (χ0n) is 19.2. The van der Waals surface area contributed by atoms with Crippen molar-refractivity contribution in [2.75, 3.05) is 13.7 Å². The first-order valence-electron chi connectivity index (χ1n) is 10.9. The molecular formula is C24H36N4O2. The van der Waals surface area contributed by atoms with E-state index in [0.717, 1.165) is 43.7 Å². The smallest absolute Gasteiger partial charge is 0.274 e. The number of rotatable bonds is 7. The minimum atomic E-state index is -0.0143. The number of carbonyl (C=O) groups is 1. The summed E-state index contributed by atoms with van der Waals surface area (Å²) in [5.74, 6) is 0.818. The van der Waals surface area contributed by atoms with E-state index in [4.69, 9.17) is 4.74 Å². The minimum absolute atomic E-state index is 0.0143. The summed E-state index contributed by atoms with van der Waals surface area (Å²) in [6.07, 6.45) is 5.77. The number of piperidine rings is 1. The van der Waals surface area contributed by atoms with Gasteiger partial charge in [-0.1, -0.05) is 13.3 Å². The Morgan fingerprint density at radius 2 is 1.80 bits per heavy atom. The lowest BCUT2D eigenvalue weighted by Gasteiger charge is -2.49. The highest BCUT2D eigenvalue weighted by Gasteiger charge is 2.41. The molecule has 30 heavy (non-hydrogen) atoms. The van der Waals surface area contributed by atoms with Gasteiger partial charge < -0.3 is 15.0 Å². The van der Waals surface area contributed by atoms with E-state index in [1.807, 2.05) is 36.5 Å². The van der Waals surface area contributed by atoms with Gasteiger partial charge >= 0.3 is 0 Å². The van der Waals surface area contributed by atoms with Crippen LogP contribution in [0.2, 0.25) is 0 Å². The molecule has 1 N–H and O–H groups in total. The summed E-state index contributed by atoms with van der Waals surface area (Å²) in [6, 6.07) is 9.68. The van der Waals surface area contributed by atoms with Crippen molar-refractivity contribution in [1.29, 1.82) is 0 Å². The van der Waals surface area contributed by atoms with Crippen LogP contribution in [0, 0.1) is 0 Å². The summed E-state index contributed by atoms with van der Waals surface area (Å²) in [6.45, 7) is 11.8. The van der Waals surface area contributed by atoms with Gasteiger partial charge in [-0.05, 0) is 77.3 Å². The Balaban J connectivity index is 1.84. The molecule has 3 rings (SSSR count). The Morgan fingerprint density at radius 3 is 2.37 bits per heavy atom. The number of hydrogen-bond donors (Lipinski definition) is 1. The summed E-state index contributed by atoms with van der Waals surface area (Å²) in [7, 11) is 1.65. The number of aromatic nitrogens is 2. The van der Waals surface area contributed by atoms with E-state index in [1.54, 1.807) is 11.8 Å². The van der Waals surface area contributed by atoms with Gasteiger partial charge in [0.1, 0.15) is 5.75 Å². The van der Waals surface area contributed by atoms with Crippen molar-refractivity contribution in [3.05, 3.63) is 42.2 Å². The number of carbonyl (C=O) groups excluding carboxylic acids is 1. The van der Waals surface area contributed by atoms with Crippen molar-refractivity contribution in [2.45, 2.75) is 77.4 Å². The number of ether oxygens (including phenoxy) is 1. The van der Waals surface area contributed by atoms with Crippen LogP contribution in [0.4, 0.5) is 0 Å². The molecule has 1 aliphatic heterocycles. The van der Waals surface area contributed by atoms with Crippen LogP contribution in [0.15, 0.2) is 36.5 Å². The fourth-order valence-corrected chi connectivity index (χ4v) is 4.73. The highest BCUT2D eigenvalue weighted by molar-refractivity contribution is 5.92. The van der Waals surface area contributed by atoms with E-state index in [2.05, 4.69) is 49.9 Å². The molecule has 6 nitrogen and oxygen atoms in total. The van der Waals surface area contributed by atoms with E-state index in [-0.39, 0.29) is 23.0 Å². The standard InChI is InChI=1S/C24H36N4O2/c1-7-8-14-27(19-16-23(2,3)26-24(4,5)17-19)22(29)21-13-15-28(25-21)18-9-11-20(30-6)12-10-18/h9-13,15,19,26H,7-8,14,16-17H2,1-6H3. The third-order valence-corrected chi connectivity index (χ3v) is 5.77. The van der Waals surface area contributed by atoms with Gasteiger partial charge in [-0.15, -0.1) is 0 Å². The Hall–Kier alpha value is -2.34. The maximum Gasteiger partial charge on any atom is 0.274 e. The first-order valence-corrected chi connectivity index (χ1v) is 10.9. The highest BCUT2D eigenvalue weighted by atomic mass is 16.5. The summed E-state index contributed by atoms with van der Waals surface area (Å²) >= 11 is 0. The van der Waals surface area contributed by atoms with Gasteiger partial charge in [-0.2, -0.15) is 5.10 Å². The normalized spacial score (nSPS) is 18.2. The van der Waals surface area contributed by atoms with Gasteiger partial charge in [0.15, 0.2) is 5.69 Å². The van der Waals surface area contributed by atoms with Gasteiger partial charge in [-0.3, -0.25) is 4.79 Å². The van der Waals surface area contributed by atoms with Crippen LogP contribution in [0.5, 0.6) is 5.75 Å². The second kappa shape index (κ2) is 8.80. The lowest BCUT2D eigenvalue weighted by Crippen LogP contribution is -2.63. The van der Waals surface area contributed by atoms with Crippen LogP contribution in [0.1, 0.15) is 70.8 Å². The van der Waals surface area contributed by atoms with Gasteiger partial charge in [0.05, 0.1) is 12.8 Å². The van der Waals surface area contributed by atoms with Gasteiger partial charge in [0.25, 0.3) is 5.91 Å². The molecule has 0 saturated carbocycles. The number of unbranched alkanes of at least 4 members (excludes halogenated alkanes) is 1. The molecule has 1 aromatic carbocycles. The monoisotopic (exact) mass is 412 g/mol. The Kier molecular flexibility index (Phi) is 6.56. The molecule has 0 atom stereocenters. The lowest BCUT2D eigenvalue weighted by atomic mass is 9.79. The number of hydrogen-bond acceptors (Lipinski definition) is 4. The Labute approximate surface area is 180 Å². The van der Waals surface area contributed by atoms with E-state index >= 15 is 0 Å². The van der Waals surface area contributed by atoms with Crippen molar-refractivity contribution in [1.82, 2.24) is 20.0 Å². The van der Waals surface area contributed by atoms with E-state index < -0.39 is 0 Å².